The zero-order valence-electron chi connectivity index (χ0n) is 19.4. The topological polar surface area (TPSA) is 95.1 Å². The Labute approximate surface area is 198 Å². The third-order valence-corrected chi connectivity index (χ3v) is 4.90. The summed E-state index contributed by atoms with van der Waals surface area (Å²) in [6.07, 6.45) is 3.04. The molecule has 0 saturated heterocycles. The lowest BCUT2D eigenvalue weighted by atomic mass is 10.1. The fourth-order valence-electron chi connectivity index (χ4n) is 3.18. The van der Waals surface area contributed by atoms with Crippen LogP contribution in [-0.2, 0) is 4.79 Å². The molecule has 3 aromatic rings. The summed E-state index contributed by atoms with van der Waals surface area (Å²) in [6.45, 7) is 0. The van der Waals surface area contributed by atoms with Crippen LogP contribution >= 0.6 is 0 Å². The van der Waals surface area contributed by atoms with E-state index in [1.54, 1.807) is 74.9 Å². The summed E-state index contributed by atoms with van der Waals surface area (Å²) in [5, 5.41) is 5.58. The number of ether oxygens (including phenoxy) is 4. The summed E-state index contributed by atoms with van der Waals surface area (Å²) in [4.78, 5) is 25.1. The molecule has 3 aromatic carbocycles. The molecule has 0 saturated carbocycles. The van der Waals surface area contributed by atoms with Gasteiger partial charge in [0.2, 0.25) is 5.91 Å². The Balaban J connectivity index is 1.78. The maximum atomic E-state index is 12.6. The number of hydrogen-bond acceptors (Lipinski definition) is 6. The summed E-state index contributed by atoms with van der Waals surface area (Å²) < 4.78 is 21.3. The van der Waals surface area contributed by atoms with Crippen molar-refractivity contribution in [1.82, 2.24) is 0 Å². The Morgan fingerprint density at radius 3 is 1.85 bits per heavy atom. The minimum Gasteiger partial charge on any atom is -0.494 e. The molecule has 0 fully saturated rings. The van der Waals surface area contributed by atoms with Gasteiger partial charge in [-0.05, 0) is 35.9 Å². The van der Waals surface area contributed by atoms with E-state index in [1.165, 1.54) is 20.3 Å². The molecule has 0 aliphatic carbocycles. The number of carbonyl (C=O) groups excluding carboxylic acids is 2. The third kappa shape index (κ3) is 5.86. The summed E-state index contributed by atoms with van der Waals surface area (Å²) in [5.41, 5.74) is 2.06. The molecule has 8 nitrogen and oxygen atoms in total. The Morgan fingerprint density at radius 2 is 1.26 bits per heavy atom. The van der Waals surface area contributed by atoms with Crippen molar-refractivity contribution in [2.75, 3.05) is 39.1 Å². The standard InChI is InChI=1S/C26H26N2O6/c1-31-21-12-10-17(14-24(21)34-4)11-13-25(29)27-19-15-23(33-3)20(16-22(19)32-2)28-26(30)18-8-6-5-7-9-18/h5-16H,1-4H3,(H,27,29)(H,28,30). The van der Waals surface area contributed by atoms with Gasteiger partial charge in [0.1, 0.15) is 11.5 Å². The van der Waals surface area contributed by atoms with Crippen LogP contribution in [-0.4, -0.2) is 40.3 Å². The van der Waals surface area contributed by atoms with E-state index in [2.05, 4.69) is 10.6 Å². The maximum Gasteiger partial charge on any atom is 0.255 e. The molecule has 0 spiro atoms. The molecule has 0 aliphatic heterocycles. The normalized spacial score (nSPS) is 10.5. The Bertz CT molecular complexity index is 1190. The van der Waals surface area contributed by atoms with Gasteiger partial charge in [-0.1, -0.05) is 24.3 Å². The van der Waals surface area contributed by atoms with Crippen molar-refractivity contribution >= 4 is 29.3 Å². The van der Waals surface area contributed by atoms with Crippen molar-refractivity contribution in [1.29, 1.82) is 0 Å². The number of amides is 2. The molecule has 2 amide bonds. The van der Waals surface area contributed by atoms with E-state index in [1.807, 2.05) is 6.07 Å². The highest BCUT2D eigenvalue weighted by molar-refractivity contribution is 6.06. The first kappa shape index (κ1) is 24.2. The smallest absolute Gasteiger partial charge is 0.255 e. The monoisotopic (exact) mass is 462 g/mol. The second-order valence-corrected chi connectivity index (χ2v) is 7.01. The van der Waals surface area contributed by atoms with Crippen LogP contribution in [0.1, 0.15) is 15.9 Å². The van der Waals surface area contributed by atoms with E-state index >= 15 is 0 Å². The van der Waals surface area contributed by atoms with Crippen molar-refractivity contribution in [3.8, 4) is 23.0 Å². The van der Waals surface area contributed by atoms with Crippen molar-refractivity contribution in [2.45, 2.75) is 0 Å². The number of rotatable bonds is 9. The Morgan fingerprint density at radius 1 is 0.676 bits per heavy atom. The average Bonchev–Trinajstić information content (AvgIpc) is 2.88. The van der Waals surface area contributed by atoms with Gasteiger partial charge in [0.25, 0.3) is 5.91 Å². The molecule has 8 heteroatoms. The van der Waals surface area contributed by atoms with Crippen molar-refractivity contribution < 1.29 is 28.5 Å². The SMILES string of the molecule is COc1cc(NC(=O)c2ccccc2)c(OC)cc1NC(=O)C=Cc1ccc(OC)c(OC)c1. The summed E-state index contributed by atoms with van der Waals surface area (Å²) in [5.74, 6) is 1.21. The molecule has 34 heavy (non-hydrogen) atoms. The van der Waals surface area contributed by atoms with Crippen molar-refractivity contribution in [2.24, 2.45) is 0 Å². The molecule has 0 unspecified atom stereocenters. The predicted octanol–water partition coefficient (Wildman–Crippen LogP) is 4.63. The highest BCUT2D eigenvalue weighted by atomic mass is 16.5. The van der Waals surface area contributed by atoms with Crippen LogP contribution in [0.4, 0.5) is 11.4 Å². The highest BCUT2D eigenvalue weighted by Crippen LogP contribution is 2.36. The van der Waals surface area contributed by atoms with Crippen LogP contribution in [0.2, 0.25) is 0 Å². The van der Waals surface area contributed by atoms with Crippen LogP contribution in [0.25, 0.3) is 6.08 Å². The van der Waals surface area contributed by atoms with E-state index in [4.69, 9.17) is 18.9 Å². The van der Waals surface area contributed by atoms with E-state index < -0.39 is 0 Å². The molecular weight excluding hydrogens is 436 g/mol. The number of hydrogen-bond donors (Lipinski definition) is 2. The quantitative estimate of drug-likeness (QED) is 0.451. The lowest BCUT2D eigenvalue weighted by molar-refractivity contribution is -0.111. The molecule has 0 aromatic heterocycles. The van der Waals surface area contributed by atoms with Crippen LogP contribution < -0.4 is 29.6 Å². The van der Waals surface area contributed by atoms with E-state index in [9.17, 15) is 9.59 Å². The van der Waals surface area contributed by atoms with Gasteiger partial charge in [-0.25, -0.2) is 0 Å². The molecule has 2 N–H and O–H groups in total. The summed E-state index contributed by atoms with van der Waals surface area (Å²) >= 11 is 0. The van der Waals surface area contributed by atoms with Crippen LogP contribution in [0.5, 0.6) is 23.0 Å². The minimum atomic E-state index is -0.379. The Hall–Kier alpha value is -4.46. The first-order chi connectivity index (χ1) is 16.5. The largest absolute Gasteiger partial charge is 0.494 e. The second-order valence-electron chi connectivity index (χ2n) is 7.01. The highest BCUT2D eigenvalue weighted by Gasteiger charge is 2.15. The molecule has 0 radical (unpaired) electrons. The van der Waals surface area contributed by atoms with Gasteiger partial charge in [-0.2, -0.15) is 0 Å². The van der Waals surface area contributed by atoms with Gasteiger partial charge in [0.15, 0.2) is 11.5 Å². The van der Waals surface area contributed by atoms with Crippen LogP contribution in [0, 0.1) is 0 Å². The molecular formula is C26H26N2O6. The number of carbonyl (C=O) groups is 2. The zero-order valence-corrected chi connectivity index (χ0v) is 19.4. The minimum absolute atomic E-state index is 0.296. The lowest BCUT2D eigenvalue weighted by Crippen LogP contribution is -2.14. The van der Waals surface area contributed by atoms with Gasteiger partial charge in [-0.3, -0.25) is 9.59 Å². The number of benzene rings is 3. The summed E-state index contributed by atoms with van der Waals surface area (Å²) in [6, 6.07) is 17.3. The van der Waals surface area contributed by atoms with E-state index in [0.717, 1.165) is 5.56 Å². The third-order valence-electron chi connectivity index (χ3n) is 4.90. The van der Waals surface area contributed by atoms with Crippen LogP contribution in [0.3, 0.4) is 0 Å². The molecule has 0 heterocycles. The van der Waals surface area contributed by atoms with Gasteiger partial charge < -0.3 is 29.6 Å². The van der Waals surface area contributed by atoms with Gasteiger partial charge >= 0.3 is 0 Å². The first-order valence-corrected chi connectivity index (χ1v) is 10.3. The van der Waals surface area contributed by atoms with Gasteiger partial charge in [0.05, 0.1) is 39.8 Å². The molecule has 0 bridgehead atoms. The first-order valence-electron chi connectivity index (χ1n) is 10.3. The molecule has 3 rings (SSSR count). The fraction of sp³-hybridized carbons (Fsp3) is 0.154. The zero-order chi connectivity index (χ0) is 24.5. The second kappa shape index (κ2) is 11.4. The molecule has 0 aliphatic rings. The molecule has 176 valence electrons. The lowest BCUT2D eigenvalue weighted by Gasteiger charge is -2.16. The van der Waals surface area contributed by atoms with E-state index in [-0.39, 0.29) is 11.8 Å². The van der Waals surface area contributed by atoms with Gasteiger partial charge in [0, 0.05) is 23.8 Å². The molecule has 0 atom stereocenters. The van der Waals surface area contributed by atoms with Crippen LogP contribution in [0.15, 0.2) is 66.7 Å². The van der Waals surface area contributed by atoms with Crippen molar-refractivity contribution in [3.63, 3.8) is 0 Å². The van der Waals surface area contributed by atoms with E-state index in [0.29, 0.717) is 39.9 Å². The summed E-state index contributed by atoms with van der Waals surface area (Å²) in [7, 11) is 6.05. The predicted molar refractivity (Wildman–Crippen MR) is 131 cm³/mol. The maximum absolute atomic E-state index is 12.6. The number of nitrogens with one attached hydrogen (secondary N) is 2. The van der Waals surface area contributed by atoms with Gasteiger partial charge in [-0.15, -0.1) is 0 Å². The fourth-order valence-corrected chi connectivity index (χ4v) is 3.18. The number of methoxy groups -OCH3 is 4. The average molecular weight is 463 g/mol. The Kier molecular flexibility index (Phi) is 8.12. The number of anilines is 2. The van der Waals surface area contributed by atoms with Crippen molar-refractivity contribution in [3.05, 3.63) is 77.9 Å².